The number of halogens is 2. The van der Waals surface area contributed by atoms with Gasteiger partial charge in [-0.05, 0) is 52.2 Å². The minimum absolute atomic E-state index is 0.0179. The molecule has 3 nitrogen and oxygen atoms in total. The van der Waals surface area contributed by atoms with Crippen LogP contribution in [0, 0.1) is 0 Å². The van der Waals surface area contributed by atoms with Gasteiger partial charge in [-0.3, -0.25) is 4.79 Å². The Morgan fingerprint density at radius 3 is 2.71 bits per heavy atom. The van der Waals surface area contributed by atoms with Crippen LogP contribution in [0.1, 0.15) is 12.5 Å². The number of para-hydroxylation sites is 1. The van der Waals surface area contributed by atoms with Gasteiger partial charge in [0.15, 0.2) is 6.61 Å². The van der Waals surface area contributed by atoms with Crippen LogP contribution >= 0.6 is 31.9 Å². The molecule has 2 aromatic carbocycles. The molecule has 2 rings (SSSR count). The Labute approximate surface area is 141 Å². The summed E-state index contributed by atoms with van der Waals surface area (Å²) in [6.07, 6.45) is 0.870. The van der Waals surface area contributed by atoms with E-state index in [4.69, 9.17) is 4.74 Å². The molecule has 0 atom stereocenters. The molecule has 0 saturated heterocycles. The molecule has 0 aliphatic heterocycles. The van der Waals surface area contributed by atoms with Crippen molar-refractivity contribution in [2.75, 3.05) is 11.9 Å². The third-order valence-electron chi connectivity index (χ3n) is 2.91. The molecule has 0 aliphatic carbocycles. The Bertz CT molecular complexity index is 644. The second kappa shape index (κ2) is 7.61. The number of hydrogen-bond donors (Lipinski definition) is 1. The van der Waals surface area contributed by atoms with Crippen LogP contribution in [0.4, 0.5) is 5.69 Å². The van der Waals surface area contributed by atoms with Crippen LogP contribution in [0.2, 0.25) is 0 Å². The topological polar surface area (TPSA) is 38.3 Å². The van der Waals surface area contributed by atoms with E-state index < -0.39 is 0 Å². The first-order chi connectivity index (χ1) is 10.1. The summed E-state index contributed by atoms with van der Waals surface area (Å²) in [7, 11) is 0. The zero-order valence-corrected chi connectivity index (χ0v) is 14.7. The van der Waals surface area contributed by atoms with Gasteiger partial charge >= 0.3 is 0 Å². The van der Waals surface area contributed by atoms with E-state index in [0.717, 1.165) is 26.7 Å². The van der Waals surface area contributed by atoms with E-state index in [2.05, 4.69) is 44.1 Å². The number of nitrogens with one attached hydrogen (secondary N) is 1. The van der Waals surface area contributed by atoms with Crippen LogP contribution in [0.15, 0.2) is 51.4 Å². The number of rotatable bonds is 5. The Morgan fingerprint density at radius 2 is 1.95 bits per heavy atom. The Kier molecular flexibility index (Phi) is 5.82. The highest BCUT2D eigenvalue weighted by molar-refractivity contribution is 9.11. The predicted octanol–water partition coefficient (Wildman–Crippen LogP) is 4.79. The number of hydrogen-bond acceptors (Lipinski definition) is 2. The first-order valence-electron chi connectivity index (χ1n) is 6.55. The molecule has 0 heterocycles. The minimum atomic E-state index is -0.195. The van der Waals surface area contributed by atoms with Gasteiger partial charge in [-0.1, -0.05) is 41.1 Å². The van der Waals surface area contributed by atoms with Crippen LogP contribution in [-0.4, -0.2) is 12.5 Å². The lowest BCUT2D eigenvalue weighted by atomic mass is 10.1. The van der Waals surface area contributed by atoms with Gasteiger partial charge in [-0.2, -0.15) is 0 Å². The molecule has 21 heavy (non-hydrogen) atoms. The lowest BCUT2D eigenvalue weighted by molar-refractivity contribution is -0.118. The average Bonchev–Trinajstić information content (AvgIpc) is 2.49. The van der Waals surface area contributed by atoms with Gasteiger partial charge < -0.3 is 10.1 Å². The van der Waals surface area contributed by atoms with Crippen LogP contribution in [0.5, 0.6) is 5.75 Å². The summed E-state index contributed by atoms with van der Waals surface area (Å²) < 4.78 is 7.32. The molecule has 0 bridgehead atoms. The zero-order valence-electron chi connectivity index (χ0n) is 11.5. The molecule has 1 N–H and O–H groups in total. The largest absolute Gasteiger partial charge is 0.483 e. The molecule has 110 valence electrons. The van der Waals surface area contributed by atoms with Crippen molar-refractivity contribution in [1.82, 2.24) is 0 Å². The van der Waals surface area contributed by atoms with E-state index in [-0.39, 0.29) is 12.5 Å². The molecule has 0 spiro atoms. The lowest BCUT2D eigenvalue weighted by Gasteiger charge is -2.11. The zero-order chi connectivity index (χ0) is 15.2. The monoisotopic (exact) mass is 411 g/mol. The number of anilines is 1. The lowest BCUT2D eigenvalue weighted by Crippen LogP contribution is -2.20. The molecule has 0 fully saturated rings. The van der Waals surface area contributed by atoms with Crippen LogP contribution < -0.4 is 10.1 Å². The van der Waals surface area contributed by atoms with Crippen molar-refractivity contribution < 1.29 is 9.53 Å². The molecule has 0 aromatic heterocycles. The van der Waals surface area contributed by atoms with Crippen molar-refractivity contribution in [2.24, 2.45) is 0 Å². The highest BCUT2D eigenvalue weighted by atomic mass is 79.9. The van der Waals surface area contributed by atoms with Crippen molar-refractivity contribution in [2.45, 2.75) is 13.3 Å². The molecule has 0 unspecified atom stereocenters. The normalized spacial score (nSPS) is 10.2. The maximum Gasteiger partial charge on any atom is 0.262 e. The summed E-state index contributed by atoms with van der Waals surface area (Å²) in [5.74, 6) is 0.558. The fourth-order valence-electron chi connectivity index (χ4n) is 1.86. The number of aryl methyl sites for hydroxylation is 1. The summed E-state index contributed by atoms with van der Waals surface area (Å²) in [4.78, 5) is 12.0. The van der Waals surface area contributed by atoms with Gasteiger partial charge in [-0.15, -0.1) is 0 Å². The van der Waals surface area contributed by atoms with E-state index >= 15 is 0 Å². The molecule has 1 amide bonds. The highest BCUT2D eigenvalue weighted by Gasteiger charge is 2.08. The SMILES string of the molecule is CCc1ccccc1OCC(=O)Nc1cc(Br)ccc1Br. The van der Waals surface area contributed by atoms with Gasteiger partial charge in [0, 0.05) is 8.95 Å². The number of benzene rings is 2. The second-order valence-electron chi connectivity index (χ2n) is 4.42. The van der Waals surface area contributed by atoms with Gasteiger partial charge in [0.05, 0.1) is 5.69 Å². The van der Waals surface area contributed by atoms with Crippen molar-refractivity contribution in [1.29, 1.82) is 0 Å². The third kappa shape index (κ3) is 4.58. The van der Waals surface area contributed by atoms with Gasteiger partial charge in [0.2, 0.25) is 0 Å². The fourth-order valence-corrected chi connectivity index (χ4v) is 2.57. The van der Waals surface area contributed by atoms with Crippen LogP contribution in [0.25, 0.3) is 0 Å². The van der Waals surface area contributed by atoms with Crippen LogP contribution in [0.3, 0.4) is 0 Å². The predicted molar refractivity (Wildman–Crippen MR) is 91.8 cm³/mol. The summed E-state index contributed by atoms with van der Waals surface area (Å²) >= 11 is 6.78. The molecule has 0 saturated carbocycles. The molecular weight excluding hydrogens is 398 g/mol. The van der Waals surface area contributed by atoms with Gasteiger partial charge in [0.1, 0.15) is 5.75 Å². The summed E-state index contributed by atoms with van der Waals surface area (Å²) in [5.41, 5.74) is 1.80. The second-order valence-corrected chi connectivity index (χ2v) is 6.19. The van der Waals surface area contributed by atoms with Crippen molar-refractivity contribution >= 4 is 43.5 Å². The van der Waals surface area contributed by atoms with E-state index in [0.29, 0.717) is 5.69 Å². The van der Waals surface area contributed by atoms with E-state index in [1.165, 1.54) is 0 Å². The quantitative estimate of drug-likeness (QED) is 0.766. The average molecular weight is 413 g/mol. The summed E-state index contributed by atoms with van der Waals surface area (Å²) in [6.45, 7) is 2.04. The molecular formula is C16H15Br2NO2. The van der Waals surface area contributed by atoms with E-state index in [9.17, 15) is 4.79 Å². The third-order valence-corrected chi connectivity index (χ3v) is 4.10. The molecule has 2 aromatic rings. The van der Waals surface area contributed by atoms with E-state index in [1.54, 1.807) is 0 Å². The summed E-state index contributed by atoms with van der Waals surface area (Å²) in [6, 6.07) is 13.3. The Balaban J connectivity index is 1.97. The van der Waals surface area contributed by atoms with Crippen molar-refractivity contribution in [3.63, 3.8) is 0 Å². The first-order valence-corrected chi connectivity index (χ1v) is 8.14. The molecule has 0 radical (unpaired) electrons. The first kappa shape index (κ1) is 16.0. The van der Waals surface area contributed by atoms with Gasteiger partial charge in [-0.25, -0.2) is 0 Å². The highest BCUT2D eigenvalue weighted by Crippen LogP contribution is 2.26. The Morgan fingerprint density at radius 1 is 1.19 bits per heavy atom. The Hall–Kier alpha value is -1.33. The number of carbonyl (C=O) groups is 1. The van der Waals surface area contributed by atoms with E-state index in [1.807, 2.05) is 42.5 Å². The smallest absolute Gasteiger partial charge is 0.262 e. The van der Waals surface area contributed by atoms with Gasteiger partial charge in [0.25, 0.3) is 5.91 Å². The minimum Gasteiger partial charge on any atom is -0.483 e. The maximum atomic E-state index is 12.0. The number of ether oxygens (including phenoxy) is 1. The standard InChI is InChI=1S/C16H15Br2NO2/c1-2-11-5-3-4-6-15(11)21-10-16(20)19-14-9-12(17)7-8-13(14)18/h3-9H,2,10H2,1H3,(H,19,20). The van der Waals surface area contributed by atoms with Crippen molar-refractivity contribution in [3.05, 3.63) is 57.0 Å². The van der Waals surface area contributed by atoms with Crippen LogP contribution in [-0.2, 0) is 11.2 Å². The molecule has 0 aliphatic rings. The van der Waals surface area contributed by atoms with Crippen molar-refractivity contribution in [3.8, 4) is 5.75 Å². The number of amides is 1. The summed E-state index contributed by atoms with van der Waals surface area (Å²) in [5, 5.41) is 2.82. The maximum absolute atomic E-state index is 12.0. The molecule has 5 heteroatoms. The fraction of sp³-hybridized carbons (Fsp3) is 0.188. The number of carbonyl (C=O) groups excluding carboxylic acids is 1.